The van der Waals surface area contributed by atoms with E-state index in [2.05, 4.69) is 0 Å². The molecule has 1 atom stereocenters. The molecule has 1 aliphatic carbocycles. The quantitative estimate of drug-likeness (QED) is 0.849. The van der Waals surface area contributed by atoms with Crippen molar-refractivity contribution in [3.05, 3.63) is 24.2 Å². The fraction of sp³-hybridized carbons (Fsp3) is 0.714. The Hall–Kier alpha value is -0.800. The molecule has 1 saturated carbocycles. The van der Waals surface area contributed by atoms with Crippen molar-refractivity contribution in [1.82, 2.24) is 0 Å². The van der Waals surface area contributed by atoms with Crippen LogP contribution in [0, 0.1) is 5.41 Å². The standard InChI is InChI=1S/C14H23NO2/c15-11-14(8-4-2-1-3-5-9-14)13(16)12-7-6-10-17-12/h6-7,10,13,16H,1-5,8-9,11,15H2. The van der Waals surface area contributed by atoms with Crippen molar-refractivity contribution in [2.45, 2.75) is 51.0 Å². The first kappa shape index (κ1) is 12.7. The third-order valence-electron chi connectivity index (χ3n) is 4.15. The van der Waals surface area contributed by atoms with E-state index < -0.39 is 6.10 Å². The van der Waals surface area contributed by atoms with Gasteiger partial charge in [-0.05, 0) is 25.0 Å². The molecule has 1 aliphatic rings. The summed E-state index contributed by atoms with van der Waals surface area (Å²) in [5.74, 6) is 0.663. The summed E-state index contributed by atoms with van der Waals surface area (Å²) in [4.78, 5) is 0. The molecule has 3 heteroatoms. The monoisotopic (exact) mass is 237 g/mol. The highest BCUT2D eigenvalue weighted by molar-refractivity contribution is 5.07. The molecule has 0 aliphatic heterocycles. The fourth-order valence-electron chi connectivity index (χ4n) is 2.95. The second kappa shape index (κ2) is 5.69. The lowest BCUT2D eigenvalue weighted by atomic mass is 9.71. The predicted octanol–water partition coefficient (Wildman–Crippen LogP) is 3.00. The third kappa shape index (κ3) is 2.72. The summed E-state index contributed by atoms with van der Waals surface area (Å²) < 4.78 is 5.34. The summed E-state index contributed by atoms with van der Waals surface area (Å²) in [5.41, 5.74) is 5.78. The van der Waals surface area contributed by atoms with Gasteiger partial charge in [0, 0.05) is 12.0 Å². The molecule has 0 amide bonds. The van der Waals surface area contributed by atoms with Crippen LogP contribution in [0.3, 0.4) is 0 Å². The van der Waals surface area contributed by atoms with Crippen LogP contribution in [0.15, 0.2) is 22.8 Å². The molecule has 3 nitrogen and oxygen atoms in total. The van der Waals surface area contributed by atoms with Gasteiger partial charge in [0.1, 0.15) is 11.9 Å². The van der Waals surface area contributed by atoms with E-state index in [0.29, 0.717) is 12.3 Å². The van der Waals surface area contributed by atoms with Crippen LogP contribution in [0.1, 0.15) is 56.8 Å². The molecule has 1 aromatic rings. The van der Waals surface area contributed by atoms with E-state index in [-0.39, 0.29) is 5.41 Å². The smallest absolute Gasteiger partial charge is 0.132 e. The van der Waals surface area contributed by atoms with Gasteiger partial charge in [0.2, 0.25) is 0 Å². The average molecular weight is 237 g/mol. The summed E-state index contributed by atoms with van der Waals surface area (Å²) >= 11 is 0. The first-order valence-electron chi connectivity index (χ1n) is 6.70. The molecule has 0 saturated heterocycles. The molecular formula is C14H23NO2. The first-order valence-corrected chi connectivity index (χ1v) is 6.70. The van der Waals surface area contributed by atoms with Crippen molar-refractivity contribution in [3.8, 4) is 0 Å². The minimum atomic E-state index is -0.555. The van der Waals surface area contributed by atoms with Gasteiger partial charge in [-0.25, -0.2) is 0 Å². The normalized spacial score (nSPS) is 22.7. The van der Waals surface area contributed by atoms with Crippen molar-refractivity contribution in [2.75, 3.05) is 6.54 Å². The fourth-order valence-corrected chi connectivity index (χ4v) is 2.95. The highest BCUT2D eigenvalue weighted by Gasteiger charge is 2.38. The minimum absolute atomic E-state index is 0.182. The maximum atomic E-state index is 10.5. The Morgan fingerprint density at radius 3 is 2.41 bits per heavy atom. The number of aliphatic hydroxyl groups is 1. The van der Waals surface area contributed by atoms with Crippen LogP contribution >= 0.6 is 0 Å². The van der Waals surface area contributed by atoms with Crippen LogP contribution in [0.4, 0.5) is 0 Å². The Bertz CT molecular complexity index is 313. The average Bonchev–Trinajstić information content (AvgIpc) is 2.82. The van der Waals surface area contributed by atoms with Crippen LogP contribution in [0.25, 0.3) is 0 Å². The molecular weight excluding hydrogens is 214 g/mol. The van der Waals surface area contributed by atoms with Crippen molar-refractivity contribution in [3.63, 3.8) is 0 Å². The molecule has 0 bridgehead atoms. The maximum Gasteiger partial charge on any atom is 0.132 e. The van der Waals surface area contributed by atoms with Crippen molar-refractivity contribution in [1.29, 1.82) is 0 Å². The van der Waals surface area contributed by atoms with Gasteiger partial charge in [0.15, 0.2) is 0 Å². The highest BCUT2D eigenvalue weighted by atomic mass is 16.4. The largest absolute Gasteiger partial charge is 0.467 e. The van der Waals surface area contributed by atoms with E-state index in [0.717, 1.165) is 25.7 Å². The van der Waals surface area contributed by atoms with Gasteiger partial charge in [0.05, 0.1) is 6.26 Å². The summed E-state index contributed by atoms with van der Waals surface area (Å²) in [6, 6.07) is 3.67. The van der Waals surface area contributed by atoms with Gasteiger partial charge < -0.3 is 15.3 Å². The molecule has 1 unspecified atom stereocenters. The maximum absolute atomic E-state index is 10.5. The van der Waals surface area contributed by atoms with Crippen molar-refractivity contribution < 1.29 is 9.52 Å². The molecule has 96 valence electrons. The zero-order valence-electron chi connectivity index (χ0n) is 10.4. The topological polar surface area (TPSA) is 59.4 Å². The van der Waals surface area contributed by atoms with Gasteiger partial charge in [-0.1, -0.05) is 32.1 Å². The minimum Gasteiger partial charge on any atom is -0.467 e. The molecule has 1 fully saturated rings. The van der Waals surface area contributed by atoms with E-state index >= 15 is 0 Å². The molecule has 2 rings (SSSR count). The van der Waals surface area contributed by atoms with Gasteiger partial charge in [0.25, 0.3) is 0 Å². The second-order valence-electron chi connectivity index (χ2n) is 5.25. The zero-order valence-corrected chi connectivity index (χ0v) is 10.4. The Balaban J connectivity index is 2.15. The first-order chi connectivity index (χ1) is 8.28. The zero-order chi connectivity index (χ0) is 12.1. The lowest BCUT2D eigenvalue weighted by Gasteiger charge is -2.37. The van der Waals surface area contributed by atoms with Crippen LogP contribution < -0.4 is 5.73 Å². The predicted molar refractivity (Wildman–Crippen MR) is 67.5 cm³/mol. The van der Waals surface area contributed by atoms with E-state index in [1.165, 1.54) is 19.3 Å². The number of nitrogens with two attached hydrogens (primary N) is 1. The molecule has 0 aromatic carbocycles. The lowest BCUT2D eigenvalue weighted by Crippen LogP contribution is -2.37. The van der Waals surface area contributed by atoms with Gasteiger partial charge in [-0.3, -0.25) is 0 Å². The van der Waals surface area contributed by atoms with E-state index in [1.807, 2.05) is 12.1 Å². The third-order valence-corrected chi connectivity index (χ3v) is 4.15. The van der Waals surface area contributed by atoms with Gasteiger partial charge in [-0.15, -0.1) is 0 Å². The van der Waals surface area contributed by atoms with Gasteiger partial charge >= 0.3 is 0 Å². The molecule has 1 aromatic heterocycles. The molecule has 0 radical (unpaired) electrons. The Kier molecular flexibility index (Phi) is 4.24. The van der Waals surface area contributed by atoms with E-state index in [9.17, 15) is 5.11 Å². The summed E-state index contributed by atoms with van der Waals surface area (Å²) in [5, 5.41) is 10.5. The number of hydrogen-bond donors (Lipinski definition) is 2. The number of rotatable bonds is 3. The van der Waals surface area contributed by atoms with Crippen LogP contribution in [-0.2, 0) is 0 Å². The Labute approximate surface area is 103 Å². The molecule has 3 N–H and O–H groups in total. The molecule has 0 spiro atoms. The summed E-state index contributed by atoms with van der Waals surface area (Å²) in [6.07, 6.45) is 9.23. The number of furan rings is 1. The number of aliphatic hydroxyl groups excluding tert-OH is 1. The van der Waals surface area contributed by atoms with E-state index in [1.54, 1.807) is 6.26 Å². The summed E-state index contributed by atoms with van der Waals surface area (Å²) in [7, 11) is 0. The van der Waals surface area contributed by atoms with Crippen LogP contribution in [0.5, 0.6) is 0 Å². The highest BCUT2D eigenvalue weighted by Crippen LogP contribution is 2.43. The lowest BCUT2D eigenvalue weighted by molar-refractivity contribution is -0.00597. The molecule has 17 heavy (non-hydrogen) atoms. The SMILES string of the molecule is NCC1(C(O)c2ccco2)CCCCCCC1. The van der Waals surface area contributed by atoms with Crippen molar-refractivity contribution in [2.24, 2.45) is 11.1 Å². The van der Waals surface area contributed by atoms with Gasteiger partial charge in [-0.2, -0.15) is 0 Å². The van der Waals surface area contributed by atoms with E-state index in [4.69, 9.17) is 10.2 Å². The summed E-state index contributed by atoms with van der Waals surface area (Å²) in [6.45, 7) is 0.537. The van der Waals surface area contributed by atoms with Crippen LogP contribution in [-0.4, -0.2) is 11.7 Å². The Morgan fingerprint density at radius 1 is 1.24 bits per heavy atom. The molecule has 1 heterocycles. The Morgan fingerprint density at radius 2 is 1.88 bits per heavy atom. The van der Waals surface area contributed by atoms with Crippen molar-refractivity contribution >= 4 is 0 Å². The second-order valence-corrected chi connectivity index (χ2v) is 5.25. The van der Waals surface area contributed by atoms with Crippen LogP contribution in [0.2, 0.25) is 0 Å². The number of hydrogen-bond acceptors (Lipinski definition) is 3.